The molecule has 6 heteroatoms. The van der Waals surface area contributed by atoms with Crippen molar-refractivity contribution in [1.29, 1.82) is 0 Å². The Morgan fingerprint density at radius 2 is 2.29 bits per heavy atom. The fourth-order valence-electron chi connectivity index (χ4n) is 1.22. The molecule has 0 aliphatic carbocycles. The minimum atomic E-state index is -1.08. The van der Waals surface area contributed by atoms with Crippen molar-refractivity contribution in [3.63, 3.8) is 0 Å². The number of rotatable bonds is 5. The van der Waals surface area contributed by atoms with Crippen molar-refractivity contribution in [3.8, 4) is 5.75 Å². The van der Waals surface area contributed by atoms with Crippen molar-refractivity contribution in [2.45, 2.75) is 6.92 Å². The van der Waals surface area contributed by atoms with E-state index in [9.17, 15) is 14.9 Å². The number of ether oxygens (including phenoxy) is 1. The van der Waals surface area contributed by atoms with Gasteiger partial charge in [-0.05, 0) is 30.7 Å². The zero-order valence-corrected chi connectivity index (χ0v) is 9.12. The molecule has 0 unspecified atom stereocenters. The van der Waals surface area contributed by atoms with E-state index in [4.69, 9.17) is 9.84 Å². The van der Waals surface area contributed by atoms with Crippen molar-refractivity contribution in [2.75, 3.05) is 6.61 Å². The first-order valence-corrected chi connectivity index (χ1v) is 4.87. The van der Waals surface area contributed by atoms with E-state index in [1.165, 1.54) is 24.3 Å². The Hall–Kier alpha value is -2.37. The number of carboxylic acids is 1. The molecule has 90 valence electrons. The molecule has 0 saturated carbocycles. The van der Waals surface area contributed by atoms with E-state index >= 15 is 0 Å². The molecule has 0 aromatic heterocycles. The van der Waals surface area contributed by atoms with Gasteiger partial charge in [-0.15, -0.1) is 0 Å². The molecule has 0 bridgehead atoms. The highest BCUT2D eigenvalue weighted by Crippen LogP contribution is 2.28. The van der Waals surface area contributed by atoms with Gasteiger partial charge >= 0.3 is 11.7 Å². The van der Waals surface area contributed by atoms with E-state index in [0.717, 1.165) is 6.08 Å². The third kappa shape index (κ3) is 3.60. The van der Waals surface area contributed by atoms with E-state index in [1.807, 2.05) is 0 Å². The minimum Gasteiger partial charge on any atom is -0.487 e. The largest absolute Gasteiger partial charge is 0.487 e. The zero-order chi connectivity index (χ0) is 12.8. The van der Waals surface area contributed by atoms with E-state index in [1.54, 1.807) is 6.92 Å². The molecule has 0 amide bonds. The van der Waals surface area contributed by atoms with Crippen LogP contribution in [0.5, 0.6) is 5.75 Å². The van der Waals surface area contributed by atoms with Gasteiger partial charge in [-0.2, -0.15) is 0 Å². The summed E-state index contributed by atoms with van der Waals surface area (Å²) in [7, 11) is 0. The van der Waals surface area contributed by atoms with Crippen LogP contribution in [0.25, 0.3) is 6.08 Å². The van der Waals surface area contributed by atoms with Gasteiger partial charge in [-0.25, -0.2) is 4.79 Å². The van der Waals surface area contributed by atoms with Gasteiger partial charge in [0, 0.05) is 12.1 Å². The van der Waals surface area contributed by atoms with Crippen molar-refractivity contribution >= 4 is 17.7 Å². The quantitative estimate of drug-likeness (QED) is 0.481. The minimum absolute atomic E-state index is 0.130. The number of nitro groups is 1. The van der Waals surface area contributed by atoms with Crippen LogP contribution < -0.4 is 4.74 Å². The molecule has 0 aliphatic rings. The Morgan fingerprint density at radius 1 is 1.59 bits per heavy atom. The summed E-state index contributed by atoms with van der Waals surface area (Å²) in [5, 5.41) is 19.2. The van der Waals surface area contributed by atoms with Crippen LogP contribution in [0.15, 0.2) is 24.3 Å². The van der Waals surface area contributed by atoms with Gasteiger partial charge in [0.25, 0.3) is 0 Å². The molecule has 17 heavy (non-hydrogen) atoms. The lowest BCUT2D eigenvalue weighted by Gasteiger charge is -2.04. The number of nitrogens with zero attached hydrogens (tertiary/aromatic N) is 1. The maximum Gasteiger partial charge on any atom is 0.328 e. The van der Waals surface area contributed by atoms with Crippen molar-refractivity contribution in [3.05, 3.63) is 40.0 Å². The van der Waals surface area contributed by atoms with Crippen LogP contribution >= 0.6 is 0 Å². The van der Waals surface area contributed by atoms with Crippen LogP contribution in [0, 0.1) is 10.1 Å². The van der Waals surface area contributed by atoms with Crippen LogP contribution in [0.4, 0.5) is 5.69 Å². The van der Waals surface area contributed by atoms with Gasteiger partial charge in [0.15, 0.2) is 5.75 Å². The third-order valence-corrected chi connectivity index (χ3v) is 1.90. The SMILES string of the molecule is CCOc1cc(C=CC(=O)O)ccc1[N+](=O)[O-]. The molecule has 0 atom stereocenters. The molecule has 0 saturated heterocycles. The van der Waals surface area contributed by atoms with Crippen molar-refractivity contribution in [2.24, 2.45) is 0 Å². The first-order chi connectivity index (χ1) is 8.04. The molecule has 0 heterocycles. The van der Waals surface area contributed by atoms with E-state index < -0.39 is 10.9 Å². The molecule has 0 radical (unpaired) electrons. The maximum absolute atomic E-state index is 10.7. The second-order valence-corrected chi connectivity index (χ2v) is 3.09. The lowest BCUT2D eigenvalue weighted by molar-refractivity contribution is -0.385. The number of hydrogen-bond acceptors (Lipinski definition) is 4. The lowest BCUT2D eigenvalue weighted by Crippen LogP contribution is -1.97. The molecule has 1 aromatic carbocycles. The first-order valence-electron chi connectivity index (χ1n) is 4.87. The fraction of sp³-hybridized carbons (Fsp3) is 0.182. The Bertz CT molecular complexity index is 467. The van der Waals surface area contributed by atoms with Crippen LogP contribution in [0.1, 0.15) is 12.5 Å². The van der Waals surface area contributed by atoms with Gasteiger partial charge in [-0.3, -0.25) is 10.1 Å². The normalized spacial score (nSPS) is 10.4. The maximum atomic E-state index is 10.7. The Labute approximate surface area is 97.3 Å². The van der Waals surface area contributed by atoms with E-state index in [-0.39, 0.29) is 11.4 Å². The molecular formula is C11H11NO5. The van der Waals surface area contributed by atoms with Crippen LogP contribution in [0.3, 0.4) is 0 Å². The molecule has 6 nitrogen and oxygen atoms in total. The summed E-state index contributed by atoms with van der Waals surface area (Å²) in [6.07, 6.45) is 2.30. The second kappa shape index (κ2) is 5.64. The monoisotopic (exact) mass is 237 g/mol. The standard InChI is InChI=1S/C11H11NO5/c1-2-17-10-7-8(4-6-11(13)14)3-5-9(10)12(15)16/h3-7H,2H2,1H3,(H,13,14). The van der Waals surface area contributed by atoms with E-state index in [2.05, 4.69) is 0 Å². The average Bonchev–Trinajstić information content (AvgIpc) is 2.26. The van der Waals surface area contributed by atoms with Crippen molar-refractivity contribution in [1.82, 2.24) is 0 Å². The van der Waals surface area contributed by atoms with Gasteiger partial charge in [0.05, 0.1) is 11.5 Å². The first kappa shape index (κ1) is 12.7. The Morgan fingerprint density at radius 3 is 2.82 bits per heavy atom. The summed E-state index contributed by atoms with van der Waals surface area (Å²) in [5.41, 5.74) is 0.390. The molecule has 0 aliphatic heterocycles. The number of benzene rings is 1. The molecule has 1 rings (SSSR count). The van der Waals surface area contributed by atoms with Gasteiger partial charge in [0.2, 0.25) is 0 Å². The predicted molar refractivity (Wildman–Crippen MR) is 60.9 cm³/mol. The lowest BCUT2D eigenvalue weighted by atomic mass is 10.2. The number of carbonyl (C=O) groups is 1. The van der Waals surface area contributed by atoms with Crippen molar-refractivity contribution < 1.29 is 19.6 Å². The molecule has 1 N–H and O–H groups in total. The second-order valence-electron chi connectivity index (χ2n) is 3.09. The number of hydrogen-bond donors (Lipinski definition) is 1. The van der Waals surface area contributed by atoms with Crippen LogP contribution in [0.2, 0.25) is 0 Å². The Kier molecular flexibility index (Phi) is 4.21. The number of aliphatic carboxylic acids is 1. The number of nitro benzene ring substituents is 1. The highest BCUT2D eigenvalue weighted by Gasteiger charge is 2.14. The third-order valence-electron chi connectivity index (χ3n) is 1.90. The van der Waals surface area contributed by atoms with E-state index in [0.29, 0.717) is 12.2 Å². The smallest absolute Gasteiger partial charge is 0.328 e. The highest BCUT2D eigenvalue weighted by molar-refractivity contribution is 5.85. The van der Waals surface area contributed by atoms with Crippen LogP contribution in [-0.2, 0) is 4.79 Å². The molecule has 1 aromatic rings. The topological polar surface area (TPSA) is 89.7 Å². The molecular weight excluding hydrogens is 226 g/mol. The van der Waals surface area contributed by atoms with Gasteiger partial charge < -0.3 is 9.84 Å². The molecule has 0 fully saturated rings. The Balaban J connectivity index is 3.09. The zero-order valence-electron chi connectivity index (χ0n) is 9.12. The summed E-state index contributed by atoms with van der Waals surface area (Å²) in [6, 6.07) is 4.17. The fourth-order valence-corrected chi connectivity index (χ4v) is 1.22. The molecule has 0 spiro atoms. The summed E-state index contributed by atoms with van der Waals surface area (Å²) in [4.78, 5) is 20.5. The summed E-state index contributed by atoms with van der Waals surface area (Å²) < 4.78 is 5.12. The average molecular weight is 237 g/mol. The summed E-state index contributed by atoms with van der Waals surface area (Å²) in [5.74, 6) is -0.952. The highest BCUT2D eigenvalue weighted by atomic mass is 16.6. The predicted octanol–water partition coefficient (Wildman–Crippen LogP) is 2.09. The summed E-state index contributed by atoms with van der Waals surface area (Å²) >= 11 is 0. The summed E-state index contributed by atoms with van der Waals surface area (Å²) in [6.45, 7) is 2.01. The van der Waals surface area contributed by atoms with Gasteiger partial charge in [-0.1, -0.05) is 0 Å². The van der Waals surface area contributed by atoms with Crippen LogP contribution in [-0.4, -0.2) is 22.6 Å². The van der Waals surface area contributed by atoms with Gasteiger partial charge in [0.1, 0.15) is 0 Å². The number of carboxylic acid groups (broad SMARTS) is 1.